The highest BCUT2D eigenvalue weighted by atomic mass is 32.2. The van der Waals surface area contributed by atoms with Gasteiger partial charge in [-0.25, -0.2) is 26.2 Å². The lowest BCUT2D eigenvalue weighted by Gasteiger charge is -2.54. The molecule has 0 aliphatic carbocycles. The van der Waals surface area contributed by atoms with Crippen LogP contribution in [-0.4, -0.2) is 60.0 Å². The van der Waals surface area contributed by atoms with Gasteiger partial charge in [-0.3, -0.25) is 0 Å². The average molecular weight is 448 g/mol. The van der Waals surface area contributed by atoms with Crippen LogP contribution in [0.15, 0.2) is 36.5 Å². The van der Waals surface area contributed by atoms with Gasteiger partial charge in [0, 0.05) is 42.7 Å². The van der Waals surface area contributed by atoms with E-state index in [2.05, 4.69) is 10.00 Å². The molecule has 3 heterocycles. The van der Waals surface area contributed by atoms with Gasteiger partial charge in [0.1, 0.15) is 5.52 Å². The highest BCUT2D eigenvalue weighted by Crippen LogP contribution is 2.43. The molecule has 7 nitrogen and oxygen atoms in total. The molecular formula is C21H22F2N4O3S. The molecule has 2 saturated heterocycles. The summed E-state index contributed by atoms with van der Waals surface area (Å²) in [5.41, 5.74) is 1.79. The van der Waals surface area contributed by atoms with Crippen molar-refractivity contribution >= 4 is 26.6 Å². The largest absolute Gasteiger partial charge is 0.503 e. The van der Waals surface area contributed by atoms with Crippen molar-refractivity contribution in [2.45, 2.75) is 12.8 Å². The van der Waals surface area contributed by atoms with E-state index in [0.717, 1.165) is 37.7 Å². The molecule has 2 aliphatic rings. The molecule has 0 amide bonds. The number of hydrogen-bond acceptors (Lipinski definition) is 5. The van der Waals surface area contributed by atoms with Crippen LogP contribution < -0.4 is 4.90 Å². The summed E-state index contributed by atoms with van der Waals surface area (Å²) in [5, 5.41) is 14.0. The van der Waals surface area contributed by atoms with Crippen molar-refractivity contribution in [3.63, 3.8) is 0 Å². The number of nitrogens with zero attached hydrogens (tertiary/aromatic N) is 4. The predicted octanol–water partition coefficient (Wildman–Crippen LogP) is 2.87. The molecule has 2 aromatic carbocycles. The molecule has 3 aromatic rings. The zero-order valence-electron chi connectivity index (χ0n) is 16.9. The van der Waals surface area contributed by atoms with Crippen molar-refractivity contribution < 1.29 is 22.3 Å². The number of fused-ring (bicyclic) bond motifs is 1. The number of phenols is 1. The molecule has 0 bridgehead atoms. The van der Waals surface area contributed by atoms with Gasteiger partial charge in [0.05, 0.1) is 18.1 Å². The summed E-state index contributed by atoms with van der Waals surface area (Å²) in [7, 11) is -3.13. The minimum absolute atomic E-state index is 0.0205. The Hall–Kier alpha value is -2.72. The molecule has 164 valence electrons. The Bertz CT molecular complexity index is 1260. The highest BCUT2D eigenvalue weighted by Gasteiger charge is 2.46. The molecule has 0 unspecified atom stereocenters. The lowest BCUT2D eigenvalue weighted by Crippen LogP contribution is -2.60. The SMILES string of the molecule is CS(=O)(=O)N1CCC2(CC1)CN(c1ccc(-n3ncc4cc(F)c(O)c(F)c43)cc1)C2. The van der Waals surface area contributed by atoms with E-state index < -0.39 is 27.4 Å². The van der Waals surface area contributed by atoms with E-state index in [9.17, 15) is 22.3 Å². The molecule has 0 radical (unpaired) electrons. The van der Waals surface area contributed by atoms with Crippen molar-refractivity contribution in [2.75, 3.05) is 37.3 Å². The number of aromatic hydroxyl groups is 1. The van der Waals surface area contributed by atoms with Gasteiger partial charge in [-0.05, 0) is 43.2 Å². The van der Waals surface area contributed by atoms with Crippen molar-refractivity contribution in [1.29, 1.82) is 0 Å². The third kappa shape index (κ3) is 3.34. The number of aromatic nitrogens is 2. The zero-order chi connectivity index (χ0) is 22.0. The van der Waals surface area contributed by atoms with E-state index in [4.69, 9.17) is 0 Å². The smallest absolute Gasteiger partial charge is 0.211 e. The van der Waals surface area contributed by atoms with Gasteiger partial charge in [0.25, 0.3) is 0 Å². The highest BCUT2D eigenvalue weighted by molar-refractivity contribution is 7.88. The summed E-state index contributed by atoms with van der Waals surface area (Å²) in [5.74, 6) is -3.07. The third-order valence-electron chi connectivity index (χ3n) is 6.49. The fraction of sp³-hybridized carbons (Fsp3) is 0.381. The van der Waals surface area contributed by atoms with E-state index in [-0.39, 0.29) is 16.3 Å². The Morgan fingerprint density at radius 3 is 2.29 bits per heavy atom. The number of benzene rings is 2. The van der Waals surface area contributed by atoms with Gasteiger partial charge in [0.2, 0.25) is 10.0 Å². The van der Waals surface area contributed by atoms with Gasteiger partial charge in [-0.1, -0.05) is 0 Å². The molecule has 10 heteroatoms. The Morgan fingerprint density at radius 2 is 1.68 bits per heavy atom. The third-order valence-corrected chi connectivity index (χ3v) is 7.79. The summed E-state index contributed by atoms with van der Waals surface area (Å²) < 4.78 is 54.3. The van der Waals surface area contributed by atoms with Gasteiger partial charge in [-0.2, -0.15) is 5.10 Å². The van der Waals surface area contributed by atoms with Crippen LogP contribution in [0.4, 0.5) is 14.5 Å². The fourth-order valence-electron chi connectivity index (χ4n) is 4.66. The minimum atomic E-state index is -3.13. The van der Waals surface area contributed by atoms with E-state index >= 15 is 0 Å². The standard InChI is InChI=1S/C21H22F2N4O3S/c1-31(29,30)26-8-6-21(7-9-26)12-25(13-21)15-2-4-16(5-3-15)27-19-14(11-24-27)10-17(22)20(28)18(19)23/h2-5,10-11,28H,6-9,12-13H2,1H3. The van der Waals surface area contributed by atoms with Crippen molar-refractivity contribution in [1.82, 2.24) is 14.1 Å². The number of hydrogen-bond donors (Lipinski definition) is 1. The van der Waals surface area contributed by atoms with E-state index in [1.165, 1.54) is 17.1 Å². The van der Waals surface area contributed by atoms with Crippen LogP contribution in [0.5, 0.6) is 5.75 Å². The lowest BCUT2D eigenvalue weighted by molar-refractivity contribution is 0.115. The second-order valence-electron chi connectivity index (χ2n) is 8.55. The second-order valence-corrected chi connectivity index (χ2v) is 10.5. The number of phenolic OH excluding ortho intramolecular Hbond substituents is 1. The predicted molar refractivity (Wildman–Crippen MR) is 113 cm³/mol. The first-order chi connectivity index (χ1) is 14.7. The van der Waals surface area contributed by atoms with Gasteiger partial charge < -0.3 is 10.0 Å². The zero-order valence-corrected chi connectivity index (χ0v) is 17.7. The number of anilines is 1. The number of sulfonamides is 1. The number of piperidine rings is 1. The monoisotopic (exact) mass is 448 g/mol. The van der Waals surface area contributed by atoms with E-state index in [0.29, 0.717) is 18.8 Å². The van der Waals surface area contributed by atoms with Crippen LogP contribution in [-0.2, 0) is 10.0 Å². The molecule has 0 saturated carbocycles. The molecule has 5 rings (SSSR count). The summed E-state index contributed by atoms with van der Waals surface area (Å²) in [6.45, 7) is 2.88. The van der Waals surface area contributed by atoms with Crippen molar-refractivity contribution in [2.24, 2.45) is 5.41 Å². The minimum Gasteiger partial charge on any atom is -0.503 e. The molecule has 2 aliphatic heterocycles. The van der Waals surface area contributed by atoms with Gasteiger partial charge in [-0.15, -0.1) is 0 Å². The van der Waals surface area contributed by atoms with Crippen LogP contribution in [0.2, 0.25) is 0 Å². The maximum absolute atomic E-state index is 14.4. The summed E-state index contributed by atoms with van der Waals surface area (Å²) >= 11 is 0. The Balaban J connectivity index is 1.31. The maximum Gasteiger partial charge on any atom is 0.211 e. The molecular weight excluding hydrogens is 426 g/mol. The first-order valence-corrected chi connectivity index (χ1v) is 11.9. The van der Waals surface area contributed by atoms with Crippen molar-refractivity contribution in [3.05, 3.63) is 48.2 Å². The molecule has 0 atom stereocenters. The first-order valence-electron chi connectivity index (χ1n) is 10.0. The number of halogens is 2. The topological polar surface area (TPSA) is 78.7 Å². The van der Waals surface area contributed by atoms with Crippen LogP contribution >= 0.6 is 0 Å². The Labute approximate surface area is 178 Å². The molecule has 1 N–H and O–H groups in total. The lowest BCUT2D eigenvalue weighted by atomic mass is 9.72. The Kier molecular flexibility index (Phi) is 4.49. The Morgan fingerprint density at radius 1 is 1.06 bits per heavy atom. The fourth-order valence-corrected chi connectivity index (χ4v) is 5.51. The normalized spacial score (nSPS) is 19.1. The van der Waals surface area contributed by atoms with Gasteiger partial charge >= 0.3 is 0 Å². The maximum atomic E-state index is 14.4. The quantitative estimate of drug-likeness (QED) is 0.667. The first kappa shape index (κ1) is 20.2. The summed E-state index contributed by atoms with van der Waals surface area (Å²) in [6, 6.07) is 8.50. The van der Waals surface area contributed by atoms with E-state index in [1.807, 2.05) is 12.1 Å². The summed E-state index contributed by atoms with van der Waals surface area (Å²) in [6.07, 6.45) is 4.32. The van der Waals surface area contributed by atoms with E-state index in [1.54, 1.807) is 16.4 Å². The second kappa shape index (κ2) is 6.89. The molecule has 31 heavy (non-hydrogen) atoms. The van der Waals surface area contributed by atoms with Crippen molar-refractivity contribution in [3.8, 4) is 11.4 Å². The van der Waals surface area contributed by atoms with Crippen LogP contribution in [0.1, 0.15) is 12.8 Å². The summed E-state index contributed by atoms with van der Waals surface area (Å²) in [4.78, 5) is 2.24. The molecule has 1 spiro atoms. The van der Waals surface area contributed by atoms with Crippen LogP contribution in [0.3, 0.4) is 0 Å². The molecule has 1 aromatic heterocycles. The van der Waals surface area contributed by atoms with Gasteiger partial charge in [0.15, 0.2) is 17.4 Å². The van der Waals surface area contributed by atoms with Crippen LogP contribution in [0, 0.1) is 17.0 Å². The van der Waals surface area contributed by atoms with Crippen LogP contribution in [0.25, 0.3) is 16.6 Å². The molecule has 2 fully saturated rings. The number of rotatable bonds is 3. The average Bonchev–Trinajstić information content (AvgIpc) is 3.13.